The number of nitrogens with one attached hydrogen (secondary N) is 1. The molecule has 0 aromatic heterocycles. The molecular formula is C4H9NS2. The second-order valence-corrected chi connectivity index (χ2v) is 2.76. The predicted octanol–water partition coefficient (Wildman–Crippen LogP) is 1.20. The van der Waals surface area contributed by atoms with Crippen LogP contribution < -0.4 is 5.32 Å². The second kappa shape index (κ2) is 3.27. The summed E-state index contributed by atoms with van der Waals surface area (Å²) in [4.78, 5) is 0. The number of thiocarbonyl (C=S) groups is 1. The minimum absolute atomic E-state index is 0.407. The van der Waals surface area contributed by atoms with E-state index in [1.54, 1.807) is 0 Å². The molecular weight excluding hydrogens is 126 g/mol. The molecule has 0 saturated carbocycles. The van der Waals surface area contributed by atoms with Crippen LogP contribution in [-0.2, 0) is 0 Å². The quantitative estimate of drug-likeness (QED) is 0.414. The summed E-state index contributed by atoms with van der Waals surface area (Å²) in [5.41, 5.74) is 0. The van der Waals surface area contributed by atoms with Gasteiger partial charge in [-0.1, -0.05) is 12.2 Å². The monoisotopic (exact) mass is 135 g/mol. The van der Waals surface area contributed by atoms with E-state index < -0.39 is 0 Å². The van der Waals surface area contributed by atoms with Gasteiger partial charge in [-0.25, -0.2) is 0 Å². The number of rotatable bonds is 1. The highest BCUT2D eigenvalue weighted by atomic mass is 32.1. The lowest BCUT2D eigenvalue weighted by Gasteiger charge is -2.03. The molecule has 0 amide bonds. The van der Waals surface area contributed by atoms with Crippen LogP contribution >= 0.6 is 24.8 Å². The van der Waals surface area contributed by atoms with Crippen molar-refractivity contribution < 1.29 is 0 Å². The molecule has 3 heteroatoms. The zero-order valence-electron chi connectivity index (χ0n) is 4.43. The van der Waals surface area contributed by atoms with E-state index in [2.05, 4.69) is 30.2 Å². The van der Waals surface area contributed by atoms with Gasteiger partial charge in [-0.05, 0) is 13.8 Å². The van der Waals surface area contributed by atoms with Crippen molar-refractivity contribution in [3.63, 3.8) is 0 Å². The maximum Gasteiger partial charge on any atom is 0.130 e. The highest BCUT2D eigenvalue weighted by Crippen LogP contribution is 1.81. The molecule has 0 aromatic carbocycles. The van der Waals surface area contributed by atoms with Crippen LogP contribution in [0.2, 0.25) is 0 Å². The van der Waals surface area contributed by atoms with Crippen molar-refractivity contribution in [1.29, 1.82) is 0 Å². The first kappa shape index (κ1) is 7.24. The van der Waals surface area contributed by atoms with Crippen molar-refractivity contribution in [2.24, 2.45) is 0 Å². The van der Waals surface area contributed by atoms with Gasteiger partial charge in [0.1, 0.15) is 4.32 Å². The number of thiol groups is 1. The average Bonchev–Trinajstić information content (AvgIpc) is 1.27. The fraction of sp³-hybridized carbons (Fsp3) is 0.750. The molecule has 0 unspecified atom stereocenters. The zero-order valence-corrected chi connectivity index (χ0v) is 6.14. The first-order valence-electron chi connectivity index (χ1n) is 2.12. The molecule has 1 nitrogen and oxygen atoms in total. The minimum atomic E-state index is 0.407. The van der Waals surface area contributed by atoms with E-state index in [0.717, 1.165) is 0 Å². The maximum absolute atomic E-state index is 4.62. The van der Waals surface area contributed by atoms with Gasteiger partial charge in [0.2, 0.25) is 0 Å². The third kappa shape index (κ3) is 6.24. The summed E-state index contributed by atoms with van der Waals surface area (Å²) in [6, 6.07) is 0.407. The summed E-state index contributed by atoms with van der Waals surface area (Å²) in [6.07, 6.45) is 0. The van der Waals surface area contributed by atoms with Crippen LogP contribution in [0, 0.1) is 0 Å². The van der Waals surface area contributed by atoms with Crippen molar-refractivity contribution >= 4 is 29.2 Å². The smallest absolute Gasteiger partial charge is 0.130 e. The first-order chi connectivity index (χ1) is 3.13. The SMILES string of the molecule is CC(C)NC(=S)S. The Balaban J connectivity index is 3.13. The fourth-order valence-electron chi connectivity index (χ4n) is 0.247. The van der Waals surface area contributed by atoms with Crippen LogP contribution in [0.25, 0.3) is 0 Å². The molecule has 1 N–H and O–H groups in total. The Morgan fingerprint density at radius 1 is 1.71 bits per heavy atom. The molecule has 0 heterocycles. The van der Waals surface area contributed by atoms with E-state index in [1.807, 2.05) is 13.8 Å². The number of hydrogen-bond donors (Lipinski definition) is 2. The Morgan fingerprint density at radius 3 is 2.14 bits per heavy atom. The van der Waals surface area contributed by atoms with Crippen molar-refractivity contribution in [2.45, 2.75) is 19.9 Å². The molecule has 0 fully saturated rings. The molecule has 7 heavy (non-hydrogen) atoms. The summed E-state index contributed by atoms with van der Waals surface area (Å²) in [7, 11) is 0. The van der Waals surface area contributed by atoms with E-state index in [-0.39, 0.29) is 0 Å². The van der Waals surface area contributed by atoms with Crippen molar-refractivity contribution in [1.82, 2.24) is 5.32 Å². The van der Waals surface area contributed by atoms with Crippen LogP contribution in [0.5, 0.6) is 0 Å². The summed E-state index contributed by atoms with van der Waals surface area (Å²) in [5.74, 6) is 0. The minimum Gasteiger partial charge on any atom is -0.369 e. The van der Waals surface area contributed by atoms with Gasteiger partial charge in [-0.2, -0.15) is 0 Å². The van der Waals surface area contributed by atoms with E-state index in [4.69, 9.17) is 0 Å². The Morgan fingerprint density at radius 2 is 2.14 bits per heavy atom. The standard InChI is InChI=1S/C4H9NS2/c1-3(2)5-4(6)7/h3H,1-2H3,(H2,5,6,7). The average molecular weight is 135 g/mol. The van der Waals surface area contributed by atoms with Crippen LogP contribution in [0.4, 0.5) is 0 Å². The normalized spacial score (nSPS) is 9.14. The van der Waals surface area contributed by atoms with Crippen LogP contribution in [0.15, 0.2) is 0 Å². The highest BCUT2D eigenvalue weighted by molar-refractivity contribution is 8.11. The molecule has 0 aliphatic rings. The first-order valence-corrected chi connectivity index (χ1v) is 2.98. The predicted molar refractivity (Wildman–Crippen MR) is 39.9 cm³/mol. The Kier molecular flexibility index (Phi) is 3.38. The lowest BCUT2D eigenvalue weighted by atomic mass is 10.4. The Labute approximate surface area is 54.9 Å². The van der Waals surface area contributed by atoms with Gasteiger partial charge in [0.05, 0.1) is 0 Å². The van der Waals surface area contributed by atoms with E-state index in [1.165, 1.54) is 0 Å². The van der Waals surface area contributed by atoms with E-state index in [9.17, 15) is 0 Å². The van der Waals surface area contributed by atoms with Crippen molar-refractivity contribution in [2.75, 3.05) is 0 Å². The van der Waals surface area contributed by atoms with E-state index in [0.29, 0.717) is 10.4 Å². The lowest BCUT2D eigenvalue weighted by molar-refractivity contribution is 0.747. The highest BCUT2D eigenvalue weighted by Gasteiger charge is 1.88. The van der Waals surface area contributed by atoms with Gasteiger partial charge in [0, 0.05) is 6.04 Å². The summed E-state index contributed by atoms with van der Waals surface area (Å²) < 4.78 is 0.565. The fourth-order valence-corrected chi connectivity index (χ4v) is 0.741. The molecule has 0 saturated heterocycles. The van der Waals surface area contributed by atoms with Gasteiger partial charge < -0.3 is 5.32 Å². The van der Waals surface area contributed by atoms with Crippen LogP contribution in [-0.4, -0.2) is 10.4 Å². The molecule has 0 aromatic rings. The Bertz CT molecular complexity index is 70.1. The molecule has 0 aliphatic carbocycles. The van der Waals surface area contributed by atoms with Gasteiger partial charge in [0.15, 0.2) is 0 Å². The molecule has 0 rings (SSSR count). The van der Waals surface area contributed by atoms with Crippen LogP contribution in [0.3, 0.4) is 0 Å². The van der Waals surface area contributed by atoms with Crippen molar-refractivity contribution in [3.8, 4) is 0 Å². The van der Waals surface area contributed by atoms with Crippen LogP contribution in [0.1, 0.15) is 13.8 Å². The third-order valence-electron chi connectivity index (χ3n) is 0.412. The lowest BCUT2D eigenvalue weighted by Crippen LogP contribution is -2.24. The summed E-state index contributed by atoms with van der Waals surface area (Å²) in [5, 5.41) is 2.90. The topological polar surface area (TPSA) is 12.0 Å². The second-order valence-electron chi connectivity index (χ2n) is 1.60. The van der Waals surface area contributed by atoms with E-state index >= 15 is 0 Å². The molecule has 0 atom stereocenters. The number of hydrogen-bond acceptors (Lipinski definition) is 1. The molecule has 42 valence electrons. The van der Waals surface area contributed by atoms with Gasteiger partial charge in [-0.3, -0.25) is 0 Å². The largest absolute Gasteiger partial charge is 0.369 e. The molecule has 0 aliphatic heterocycles. The van der Waals surface area contributed by atoms with Gasteiger partial charge in [-0.15, -0.1) is 12.6 Å². The molecule has 0 bridgehead atoms. The molecule has 0 spiro atoms. The Hall–Kier alpha value is 0.240. The summed E-state index contributed by atoms with van der Waals surface area (Å²) in [6.45, 7) is 4.03. The van der Waals surface area contributed by atoms with Crippen molar-refractivity contribution in [3.05, 3.63) is 0 Å². The van der Waals surface area contributed by atoms with Gasteiger partial charge in [0.25, 0.3) is 0 Å². The molecule has 0 radical (unpaired) electrons. The zero-order chi connectivity index (χ0) is 5.86. The maximum atomic E-state index is 4.62. The third-order valence-corrected chi connectivity index (χ3v) is 0.659. The summed E-state index contributed by atoms with van der Waals surface area (Å²) >= 11 is 8.48. The van der Waals surface area contributed by atoms with Gasteiger partial charge >= 0.3 is 0 Å².